The van der Waals surface area contributed by atoms with Crippen molar-refractivity contribution < 1.29 is 18.4 Å². The molecule has 0 saturated heterocycles. The van der Waals surface area contributed by atoms with Crippen LogP contribution in [0.25, 0.3) is 0 Å². The molecule has 1 aliphatic rings. The van der Waals surface area contributed by atoms with Crippen molar-refractivity contribution in [3.05, 3.63) is 65.2 Å². The molecule has 23 heavy (non-hydrogen) atoms. The molecule has 0 aromatic heterocycles. The lowest BCUT2D eigenvalue weighted by Gasteiger charge is -2.25. The maximum Gasteiger partial charge on any atom is 0.228 e. The van der Waals surface area contributed by atoms with E-state index >= 15 is 0 Å². The zero-order valence-corrected chi connectivity index (χ0v) is 12.1. The van der Waals surface area contributed by atoms with Gasteiger partial charge in [0.2, 0.25) is 11.8 Å². The fraction of sp³-hybridized carbons (Fsp3) is 0.176. The Morgan fingerprint density at radius 2 is 2.00 bits per heavy atom. The molecule has 118 valence electrons. The van der Waals surface area contributed by atoms with Crippen LogP contribution in [0, 0.1) is 11.6 Å². The molecule has 2 aromatic carbocycles. The Balaban J connectivity index is 1.78. The molecule has 0 bridgehead atoms. The quantitative estimate of drug-likeness (QED) is 0.915. The second-order valence-corrected chi connectivity index (χ2v) is 5.35. The van der Waals surface area contributed by atoms with E-state index in [1.165, 1.54) is 24.3 Å². The van der Waals surface area contributed by atoms with Crippen LogP contribution in [0.15, 0.2) is 42.5 Å². The highest BCUT2D eigenvalue weighted by Crippen LogP contribution is 2.32. The van der Waals surface area contributed by atoms with Crippen molar-refractivity contribution in [3.8, 4) is 0 Å². The molecule has 6 heteroatoms. The van der Waals surface area contributed by atoms with Crippen LogP contribution in [0.1, 0.15) is 23.5 Å². The van der Waals surface area contributed by atoms with Gasteiger partial charge in [-0.3, -0.25) is 9.59 Å². The van der Waals surface area contributed by atoms with Crippen molar-refractivity contribution in [2.45, 2.75) is 18.9 Å². The second kappa shape index (κ2) is 6.16. The first-order valence-electron chi connectivity index (χ1n) is 7.15. The number of fused-ring (bicyclic) bond motifs is 1. The molecular formula is C17H14F2N2O2. The number of anilines is 1. The van der Waals surface area contributed by atoms with Crippen LogP contribution in [0.3, 0.4) is 0 Å². The molecule has 4 nitrogen and oxygen atoms in total. The van der Waals surface area contributed by atoms with Crippen LogP contribution in [-0.2, 0) is 16.1 Å². The maximum atomic E-state index is 13.6. The first-order valence-corrected chi connectivity index (χ1v) is 7.15. The first kappa shape index (κ1) is 15.1. The summed E-state index contributed by atoms with van der Waals surface area (Å²) < 4.78 is 26.8. The van der Waals surface area contributed by atoms with Crippen LogP contribution >= 0.6 is 0 Å². The number of amides is 2. The highest BCUT2D eigenvalue weighted by molar-refractivity contribution is 6.01. The number of benzene rings is 2. The minimum atomic E-state index is -0.717. The van der Waals surface area contributed by atoms with Crippen molar-refractivity contribution in [2.75, 3.05) is 5.32 Å². The lowest BCUT2D eigenvalue weighted by atomic mass is 9.89. The minimum Gasteiger partial charge on any atom is -0.351 e. The predicted molar refractivity (Wildman–Crippen MR) is 80.6 cm³/mol. The van der Waals surface area contributed by atoms with Gasteiger partial charge in [0.1, 0.15) is 11.6 Å². The van der Waals surface area contributed by atoms with Gasteiger partial charge in [-0.2, -0.15) is 0 Å². The lowest BCUT2D eigenvalue weighted by molar-refractivity contribution is -0.126. The third kappa shape index (κ3) is 3.21. The van der Waals surface area contributed by atoms with Crippen molar-refractivity contribution in [2.24, 2.45) is 0 Å². The average Bonchev–Trinajstić information content (AvgIpc) is 2.52. The van der Waals surface area contributed by atoms with E-state index in [2.05, 4.69) is 10.6 Å². The Morgan fingerprint density at radius 1 is 1.22 bits per heavy atom. The second-order valence-electron chi connectivity index (χ2n) is 5.35. The van der Waals surface area contributed by atoms with Gasteiger partial charge in [-0.15, -0.1) is 0 Å². The van der Waals surface area contributed by atoms with Gasteiger partial charge in [0.05, 0.1) is 5.92 Å². The molecule has 0 radical (unpaired) electrons. The fourth-order valence-electron chi connectivity index (χ4n) is 2.62. The molecule has 2 aromatic rings. The van der Waals surface area contributed by atoms with Gasteiger partial charge >= 0.3 is 0 Å². The Kier molecular flexibility index (Phi) is 4.06. The van der Waals surface area contributed by atoms with E-state index in [4.69, 9.17) is 0 Å². The van der Waals surface area contributed by atoms with E-state index in [0.29, 0.717) is 16.8 Å². The van der Waals surface area contributed by atoms with Gasteiger partial charge in [0.15, 0.2) is 0 Å². The number of carbonyl (C=O) groups is 2. The van der Waals surface area contributed by atoms with Crippen LogP contribution in [-0.4, -0.2) is 11.8 Å². The summed E-state index contributed by atoms with van der Waals surface area (Å²) in [5, 5.41) is 5.18. The summed E-state index contributed by atoms with van der Waals surface area (Å²) >= 11 is 0. The smallest absolute Gasteiger partial charge is 0.228 e. The number of halogens is 2. The molecule has 0 saturated carbocycles. The third-order valence-corrected chi connectivity index (χ3v) is 3.78. The summed E-state index contributed by atoms with van der Waals surface area (Å²) in [7, 11) is 0. The van der Waals surface area contributed by atoms with Gasteiger partial charge in [-0.05, 0) is 23.8 Å². The van der Waals surface area contributed by atoms with Crippen molar-refractivity contribution in [1.29, 1.82) is 0 Å². The van der Waals surface area contributed by atoms with Gasteiger partial charge in [-0.25, -0.2) is 8.78 Å². The Labute approximate surface area is 131 Å². The molecule has 1 aliphatic heterocycles. The first-order chi connectivity index (χ1) is 11.0. The summed E-state index contributed by atoms with van der Waals surface area (Å²) in [5.74, 6) is -2.36. The fourth-order valence-corrected chi connectivity index (χ4v) is 2.62. The third-order valence-electron chi connectivity index (χ3n) is 3.78. The van der Waals surface area contributed by atoms with Gasteiger partial charge in [0, 0.05) is 24.2 Å². The topological polar surface area (TPSA) is 58.2 Å². The monoisotopic (exact) mass is 316 g/mol. The largest absolute Gasteiger partial charge is 0.351 e. The maximum absolute atomic E-state index is 13.6. The minimum absolute atomic E-state index is 0.0261. The SMILES string of the molecule is O=C1CC(C(=O)NCc2ccccc2F)c2ccc(F)cc2N1. The Hall–Kier alpha value is -2.76. The highest BCUT2D eigenvalue weighted by Gasteiger charge is 2.30. The van der Waals surface area contributed by atoms with Crippen molar-refractivity contribution in [3.63, 3.8) is 0 Å². The zero-order valence-electron chi connectivity index (χ0n) is 12.1. The predicted octanol–water partition coefficient (Wildman–Crippen LogP) is 2.71. The normalized spacial score (nSPS) is 16.4. The van der Waals surface area contributed by atoms with Crippen LogP contribution < -0.4 is 10.6 Å². The highest BCUT2D eigenvalue weighted by atomic mass is 19.1. The summed E-state index contributed by atoms with van der Waals surface area (Å²) in [4.78, 5) is 24.1. The summed E-state index contributed by atoms with van der Waals surface area (Å²) in [6.07, 6.45) is -0.0261. The van der Waals surface area contributed by atoms with Crippen molar-refractivity contribution >= 4 is 17.5 Å². The van der Waals surface area contributed by atoms with E-state index in [1.807, 2.05) is 0 Å². The average molecular weight is 316 g/mol. The number of hydrogen-bond acceptors (Lipinski definition) is 2. The number of nitrogens with one attached hydrogen (secondary N) is 2. The lowest BCUT2D eigenvalue weighted by Crippen LogP contribution is -2.35. The molecule has 2 amide bonds. The molecule has 3 rings (SSSR count). The Morgan fingerprint density at radius 3 is 2.78 bits per heavy atom. The van der Waals surface area contributed by atoms with Gasteiger partial charge in [0.25, 0.3) is 0 Å². The van der Waals surface area contributed by atoms with Crippen LogP contribution in [0.2, 0.25) is 0 Å². The van der Waals surface area contributed by atoms with E-state index in [-0.39, 0.29) is 18.9 Å². The molecule has 0 aliphatic carbocycles. The molecular weight excluding hydrogens is 302 g/mol. The molecule has 1 unspecified atom stereocenters. The molecule has 1 heterocycles. The van der Waals surface area contributed by atoms with Crippen molar-refractivity contribution in [1.82, 2.24) is 5.32 Å². The number of rotatable bonds is 3. The summed E-state index contributed by atoms with van der Waals surface area (Å²) in [6.45, 7) is 0.0279. The standard InChI is InChI=1S/C17H14F2N2O2/c18-11-5-6-12-13(8-16(22)21-15(12)7-11)17(23)20-9-10-3-1-2-4-14(10)19/h1-7,13H,8-9H2,(H,20,23)(H,21,22). The number of carbonyl (C=O) groups excluding carboxylic acids is 2. The molecule has 2 N–H and O–H groups in total. The van der Waals surface area contributed by atoms with Crippen LogP contribution in [0.4, 0.5) is 14.5 Å². The van der Waals surface area contributed by atoms with E-state index in [0.717, 1.165) is 0 Å². The molecule has 0 spiro atoms. The van der Waals surface area contributed by atoms with E-state index < -0.39 is 23.5 Å². The molecule has 0 fully saturated rings. The molecule has 1 atom stereocenters. The van der Waals surface area contributed by atoms with Gasteiger partial charge < -0.3 is 10.6 Å². The summed E-state index contributed by atoms with van der Waals surface area (Å²) in [6, 6.07) is 10.0. The van der Waals surface area contributed by atoms with Gasteiger partial charge in [-0.1, -0.05) is 24.3 Å². The van der Waals surface area contributed by atoms with Crippen LogP contribution in [0.5, 0.6) is 0 Å². The Bertz CT molecular complexity index is 777. The van der Waals surface area contributed by atoms with E-state index in [9.17, 15) is 18.4 Å². The summed E-state index contributed by atoms with van der Waals surface area (Å²) in [5.41, 5.74) is 1.21. The number of hydrogen-bond donors (Lipinski definition) is 2. The zero-order chi connectivity index (χ0) is 16.4. The van der Waals surface area contributed by atoms with E-state index in [1.54, 1.807) is 18.2 Å².